The highest BCUT2D eigenvalue weighted by Gasteiger charge is 2.16. The second kappa shape index (κ2) is 7.74. The van der Waals surface area contributed by atoms with Gasteiger partial charge in [-0.1, -0.05) is 18.7 Å². The van der Waals surface area contributed by atoms with Gasteiger partial charge in [0.25, 0.3) is 5.91 Å². The molecule has 1 N–H and O–H groups in total. The number of ether oxygens (including phenoxy) is 2. The number of amides is 2. The summed E-state index contributed by atoms with van der Waals surface area (Å²) in [5.41, 5.74) is 1.99. The number of rotatable bonds is 5. The molecule has 3 rings (SSSR count). The monoisotopic (exact) mass is 352 g/mol. The number of carbonyl (C=O) groups is 2. The summed E-state index contributed by atoms with van der Waals surface area (Å²) in [5, 5.41) is 2.65. The molecule has 2 aromatic carbocycles. The predicted molar refractivity (Wildman–Crippen MR) is 98.5 cm³/mol. The van der Waals surface area contributed by atoms with E-state index in [1.165, 1.54) is 6.08 Å². The summed E-state index contributed by atoms with van der Waals surface area (Å²) in [4.78, 5) is 25.7. The summed E-state index contributed by atoms with van der Waals surface area (Å²) >= 11 is 0. The van der Waals surface area contributed by atoms with Gasteiger partial charge in [-0.25, -0.2) is 0 Å². The second-order valence-electron chi connectivity index (χ2n) is 5.91. The van der Waals surface area contributed by atoms with Crippen LogP contribution in [-0.2, 0) is 11.3 Å². The smallest absolute Gasteiger partial charge is 0.253 e. The van der Waals surface area contributed by atoms with E-state index in [-0.39, 0.29) is 11.8 Å². The molecule has 0 aromatic heterocycles. The molecule has 1 aliphatic rings. The van der Waals surface area contributed by atoms with Gasteiger partial charge in [0.05, 0.1) is 0 Å². The maximum Gasteiger partial charge on any atom is 0.253 e. The van der Waals surface area contributed by atoms with Crippen LogP contribution in [0.15, 0.2) is 55.1 Å². The summed E-state index contributed by atoms with van der Waals surface area (Å²) in [6.07, 6.45) is 1.18. The van der Waals surface area contributed by atoms with Gasteiger partial charge in [0, 0.05) is 24.8 Å². The number of fused-ring (bicyclic) bond motifs is 1. The van der Waals surface area contributed by atoms with Gasteiger partial charge in [-0.3, -0.25) is 9.59 Å². The molecule has 6 nitrogen and oxygen atoms in total. The fourth-order valence-electron chi connectivity index (χ4n) is 2.68. The highest BCUT2D eigenvalue weighted by molar-refractivity contribution is 6.00. The Labute approximate surface area is 152 Å². The molecule has 26 heavy (non-hydrogen) atoms. The number of anilines is 1. The number of nitrogens with one attached hydrogen (secondary N) is 1. The van der Waals surface area contributed by atoms with E-state index in [1.807, 2.05) is 18.2 Å². The van der Waals surface area contributed by atoms with E-state index >= 15 is 0 Å². The van der Waals surface area contributed by atoms with Crippen LogP contribution >= 0.6 is 0 Å². The van der Waals surface area contributed by atoms with Crippen LogP contribution in [0.25, 0.3) is 0 Å². The Balaban J connectivity index is 1.70. The van der Waals surface area contributed by atoms with E-state index in [2.05, 4.69) is 11.9 Å². The summed E-state index contributed by atoms with van der Waals surface area (Å²) < 4.78 is 11.1. The molecule has 1 aliphatic heterocycles. The molecule has 0 bridgehead atoms. The Morgan fingerprint density at radius 1 is 1.15 bits per heavy atom. The molecule has 2 amide bonds. The van der Waals surface area contributed by atoms with Crippen molar-refractivity contribution in [3.8, 4) is 11.5 Å². The van der Waals surface area contributed by atoms with Gasteiger partial charge in [0.1, 0.15) is 13.2 Å². The van der Waals surface area contributed by atoms with Gasteiger partial charge in [0.2, 0.25) is 5.91 Å². The lowest BCUT2D eigenvalue weighted by Gasteiger charge is -2.21. The van der Waals surface area contributed by atoms with Crippen molar-refractivity contribution in [3.05, 3.63) is 66.2 Å². The zero-order valence-corrected chi connectivity index (χ0v) is 14.5. The Bertz CT molecular complexity index is 847. The molecule has 0 fully saturated rings. The largest absolute Gasteiger partial charge is 0.486 e. The minimum Gasteiger partial charge on any atom is -0.486 e. The van der Waals surface area contributed by atoms with Crippen molar-refractivity contribution in [1.82, 2.24) is 4.90 Å². The standard InChI is InChI=1S/C20H20N2O4/c1-3-19(23)21-16-6-4-5-15(12-16)20(24)22(2)13-14-7-8-17-18(11-14)26-10-9-25-17/h3-8,11-12H,1,9-10,13H2,2H3,(H,21,23). The van der Waals surface area contributed by atoms with Gasteiger partial charge in [-0.05, 0) is 42.0 Å². The topological polar surface area (TPSA) is 67.9 Å². The van der Waals surface area contributed by atoms with Crippen molar-refractivity contribution < 1.29 is 19.1 Å². The van der Waals surface area contributed by atoms with Gasteiger partial charge in [-0.2, -0.15) is 0 Å². The van der Waals surface area contributed by atoms with Crippen molar-refractivity contribution in [2.45, 2.75) is 6.54 Å². The molecular weight excluding hydrogens is 332 g/mol. The third kappa shape index (κ3) is 4.03. The minimum atomic E-state index is -0.320. The number of benzene rings is 2. The van der Waals surface area contributed by atoms with E-state index in [9.17, 15) is 9.59 Å². The Morgan fingerprint density at radius 3 is 2.69 bits per heavy atom. The number of carbonyl (C=O) groups excluding carboxylic acids is 2. The van der Waals surface area contributed by atoms with Gasteiger partial charge < -0.3 is 19.7 Å². The van der Waals surface area contributed by atoms with Crippen LogP contribution in [0.1, 0.15) is 15.9 Å². The van der Waals surface area contributed by atoms with Gasteiger partial charge >= 0.3 is 0 Å². The first-order chi connectivity index (χ1) is 12.6. The molecule has 0 unspecified atom stereocenters. The normalized spacial score (nSPS) is 12.2. The molecule has 0 radical (unpaired) electrons. The van der Waals surface area contributed by atoms with E-state index in [0.717, 1.165) is 11.3 Å². The van der Waals surface area contributed by atoms with E-state index < -0.39 is 0 Å². The average molecular weight is 352 g/mol. The third-order valence-electron chi connectivity index (χ3n) is 3.94. The molecule has 0 aliphatic carbocycles. The maximum absolute atomic E-state index is 12.7. The minimum absolute atomic E-state index is 0.144. The second-order valence-corrected chi connectivity index (χ2v) is 5.91. The molecule has 6 heteroatoms. The van der Waals surface area contributed by atoms with Crippen LogP contribution in [0.3, 0.4) is 0 Å². The molecule has 0 saturated heterocycles. The first kappa shape index (κ1) is 17.5. The highest BCUT2D eigenvalue weighted by atomic mass is 16.6. The Morgan fingerprint density at radius 2 is 1.92 bits per heavy atom. The SMILES string of the molecule is C=CC(=O)Nc1cccc(C(=O)N(C)Cc2ccc3c(c2)OCCO3)c1. The van der Waals surface area contributed by atoms with Crippen LogP contribution in [0.5, 0.6) is 11.5 Å². The van der Waals surface area contributed by atoms with E-state index in [1.54, 1.807) is 36.2 Å². The molecular formula is C20H20N2O4. The predicted octanol–water partition coefficient (Wildman–Crippen LogP) is 2.85. The van der Waals surface area contributed by atoms with Gasteiger partial charge in [-0.15, -0.1) is 0 Å². The molecule has 1 heterocycles. The quantitative estimate of drug-likeness (QED) is 0.840. The first-order valence-corrected chi connectivity index (χ1v) is 8.24. The zero-order valence-electron chi connectivity index (χ0n) is 14.5. The average Bonchev–Trinajstić information content (AvgIpc) is 2.67. The van der Waals surface area contributed by atoms with E-state index in [0.29, 0.717) is 36.8 Å². The van der Waals surface area contributed by atoms with Crippen LogP contribution in [0, 0.1) is 0 Å². The Kier molecular flexibility index (Phi) is 5.22. The van der Waals surface area contributed by atoms with Crippen molar-refractivity contribution >= 4 is 17.5 Å². The lowest BCUT2D eigenvalue weighted by molar-refractivity contribution is -0.111. The molecule has 0 spiro atoms. The maximum atomic E-state index is 12.7. The molecule has 0 atom stereocenters. The van der Waals surface area contributed by atoms with Crippen LogP contribution < -0.4 is 14.8 Å². The first-order valence-electron chi connectivity index (χ1n) is 8.24. The molecule has 134 valence electrons. The number of hydrogen-bond donors (Lipinski definition) is 1. The fourth-order valence-corrected chi connectivity index (χ4v) is 2.68. The van der Waals surface area contributed by atoms with Crippen molar-refractivity contribution in [2.75, 3.05) is 25.6 Å². The Hall–Kier alpha value is -3.28. The lowest BCUT2D eigenvalue weighted by atomic mass is 10.1. The van der Waals surface area contributed by atoms with Crippen molar-refractivity contribution in [3.63, 3.8) is 0 Å². The van der Waals surface area contributed by atoms with E-state index in [4.69, 9.17) is 9.47 Å². The lowest BCUT2D eigenvalue weighted by Crippen LogP contribution is -2.26. The summed E-state index contributed by atoms with van der Waals surface area (Å²) in [7, 11) is 1.73. The number of nitrogens with zero attached hydrogens (tertiary/aromatic N) is 1. The van der Waals surface area contributed by atoms with Crippen molar-refractivity contribution in [2.24, 2.45) is 0 Å². The molecule has 0 saturated carbocycles. The van der Waals surface area contributed by atoms with Gasteiger partial charge in [0.15, 0.2) is 11.5 Å². The van der Waals surface area contributed by atoms with Crippen molar-refractivity contribution in [1.29, 1.82) is 0 Å². The zero-order chi connectivity index (χ0) is 18.5. The summed E-state index contributed by atoms with van der Waals surface area (Å²) in [5.74, 6) is 0.956. The summed E-state index contributed by atoms with van der Waals surface area (Å²) in [6, 6.07) is 12.5. The van der Waals surface area contributed by atoms with Crippen LogP contribution in [0.2, 0.25) is 0 Å². The highest BCUT2D eigenvalue weighted by Crippen LogP contribution is 2.31. The molecule has 2 aromatic rings. The third-order valence-corrected chi connectivity index (χ3v) is 3.94. The van der Waals surface area contributed by atoms with Crippen LogP contribution in [0.4, 0.5) is 5.69 Å². The summed E-state index contributed by atoms with van der Waals surface area (Å²) in [6.45, 7) is 4.91. The fraction of sp³-hybridized carbons (Fsp3) is 0.200. The number of hydrogen-bond acceptors (Lipinski definition) is 4. The van der Waals surface area contributed by atoms with Crippen LogP contribution in [-0.4, -0.2) is 37.0 Å².